The molecule has 12 atom stereocenters. The van der Waals surface area contributed by atoms with Crippen molar-refractivity contribution < 1.29 is 67.1 Å². The number of nitrogen functional groups attached to an aromatic ring is 1. The summed E-state index contributed by atoms with van der Waals surface area (Å²) in [6.45, 7) is -4.75. The first-order valence-electron chi connectivity index (χ1n) is 12.4. The Hall–Kier alpha value is -0.940. The standard InChI is InChI=1S/C20H32FN5O13P2S2/c1-20(26(2)3)16(31)8(36-17(20)15-9-10(25-43-15)18(22)24-6-23-9)5-35-41(34,42)39-40(32,33)38-19-13(30)11(28)12(29)14(37-19)7(21)4-27/h6-8,11-14,16-17,19,27-31H,4-5H2,1-3H3,(H,32,33)(H,34,42)(H2,22,23,24)/t7-,8+,11?,12?,13?,14?,16+,17-,19?,20+,41?/m0/s1. The van der Waals surface area contributed by atoms with Gasteiger partial charge in [0.15, 0.2) is 18.3 Å². The van der Waals surface area contributed by atoms with Crippen LogP contribution in [0.5, 0.6) is 0 Å². The van der Waals surface area contributed by atoms with Gasteiger partial charge in [-0.2, -0.15) is 4.37 Å². The van der Waals surface area contributed by atoms with Crippen LogP contribution in [0.3, 0.4) is 0 Å². The zero-order chi connectivity index (χ0) is 32.1. The molecule has 23 heteroatoms. The minimum absolute atomic E-state index is 0.150. The average molecular weight is 696 g/mol. The van der Waals surface area contributed by atoms with Crippen LogP contribution in [0.2, 0.25) is 0 Å². The summed E-state index contributed by atoms with van der Waals surface area (Å²) < 4.78 is 56.4. The summed E-state index contributed by atoms with van der Waals surface area (Å²) >= 11 is 5.86. The molecule has 0 saturated carbocycles. The second-order valence-corrected chi connectivity index (χ2v) is 15.4. The minimum atomic E-state index is -5.47. The molecular weight excluding hydrogens is 663 g/mol. The van der Waals surface area contributed by atoms with Crippen molar-refractivity contribution in [2.75, 3.05) is 33.0 Å². The molecule has 0 bridgehead atoms. The number of halogens is 1. The molecule has 2 aromatic heterocycles. The van der Waals surface area contributed by atoms with Crippen LogP contribution in [0.15, 0.2) is 6.33 Å². The summed E-state index contributed by atoms with van der Waals surface area (Å²) in [6, 6.07) is 0. The van der Waals surface area contributed by atoms with E-state index in [1.807, 2.05) is 0 Å². The number of alkyl halides is 1. The summed E-state index contributed by atoms with van der Waals surface area (Å²) in [5.74, 6) is 0.150. The number of aliphatic hydroxyl groups excluding tert-OH is 5. The number of hydrogen-bond acceptors (Lipinski definition) is 18. The van der Waals surface area contributed by atoms with E-state index in [1.165, 1.54) is 6.33 Å². The van der Waals surface area contributed by atoms with E-state index >= 15 is 0 Å². The highest BCUT2D eigenvalue weighted by molar-refractivity contribution is 8.08. The van der Waals surface area contributed by atoms with E-state index in [-0.39, 0.29) is 5.82 Å². The number of fused-ring (bicyclic) bond motifs is 1. The van der Waals surface area contributed by atoms with Crippen molar-refractivity contribution in [3.05, 3.63) is 11.2 Å². The molecule has 2 aliphatic heterocycles. The average Bonchev–Trinajstić information content (AvgIpc) is 3.46. The Bertz CT molecular complexity index is 1400. The number of phosphoric ester groups is 1. The van der Waals surface area contributed by atoms with Crippen LogP contribution >= 0.6 is 26.1 Å². The Balaban J connectivity index is 1.46. The number of phosphoric acid groups is 1. The molecule has 4 rings (SSSR count). The number of nitrogens with zero attached hydrogens (tertiary/aromatic N) is 4. The van der Waals surface area contributed by atoms with Gasteiger partial charge in [0.25, 0.3) is 0 Å². The van der Waals surface area contributed by atoms with Gasteiger partial charge >= 0.3 is 14.5 Å². The highest BCUT2D eigenvalue weighted by atomic mass is 32.5. The molecular formula is C20H32FN5O13P2S2. The molecule has 0 radical (unpaired) electrons. The molecule has 43 heavy (non-hydrogen) atoms. The van der Waals surface area contributed by atoms with Crippen molar-refractivity contribution >= 4 is 54.7 Å². The fraction of sp³-hybridized carbons (Fsp3) is 0.750. The quantitative estimate of drug-likeness (QED) is 0.122. The maximum absolute atomic E-state index is 14.0. The van der Waals surface area contributed by atoms with Gasteiger partial charge in [0.05, 0.1) is 23.6 Å². The zero-order valence-corrected chi connectivity index (χ0v) is 26.1. The molecule has 244 valence electrons. The number of hydrogen-bond donors (Lipinski definition) is 8. The van der Waals surface area contributed by atoms with E-state index in [9.17, 15) is 39.2 Å². The maximum Gasteiger partial charge on any atom is 0.481 e. The van der Waals surface area contributed by atoms with Crippen molar-refractivity contribution in [3.63, 3.8) is 0 Å². The van der Waals surface area contributed by atoms with Crippen LogP contribution < -0.4 is 5.73 Å². The van der Waals surface area contributed by atoms with Gasteiger partial charge in [0, 0.05) is 0 Å². The van der Waals surface area contributed by atoms with Crippen LogP contribution in [0, 0.1) is 0 Å². The predicted molar refractivity (Wildman–Crippen MR) is 148 cm³/mol. The van der Waals surface area contributed by atoms with E-state index in [1.54, 1.807) is 25.9 Å². The largest absolute Gasteiger partial charge is 0.481 e. The molecule has 0 aromatic carbocycles. The van der Waals surface area contributed by atoms with Crippen LogP contribution in [-0.2, 0) is 39.2 Å². The van der Waals surface area contributed by atoms with Crippen LogP contribution in [0.1, 0.15) is 17.9 Å². The lowest BCUT2D eigenvalue weighted by molar-refractivity contribution is -0.287. The maximum atomic E-state index is 14.0. The SMILES string of the molecule is CN(C)[C@]1(C)[C@H](O)[C@@H](COP(O)(=S)OP(=O)(O)OC2OC([C@@H](F)CO)C(O)C(O)C2O)O[C@H]1c1snc2c(N)ncnc12. The summed E-state index contributed by atoms with van der Waals surface area (Å²) in [7, 11) is -2.08. The number of aromatic nitrogens is 3. The molecule has 4 heterocycles. The molecule has 0 amide bonds. The van der Waals surface area contributed by atoms with E-state index in [0.717, 1.165) is 11.5 Å². The van der Waals surface area contributed by atoms with E-state index < -0.39 is 88.5 Å². The monoisotopic (exact) mass is 695 g/mol. The van der Waals surface area contributed by atoms with Gasteiger partial charge in [-0.3, -0.25) is 9.42 Å². The van der Waals surface area contributed by atoms with E-state index in [4.69, 9.17) is 36.6 Å². The van der Waals surface area contributed by atoms with E-state index in [2.05, 4.69) is 23.2 Å². The lowest BCUT2D eigenvalue weighted by Crippen LogP contribution is -2.60. The molecule has 0 aliphatic carbocycles. The van der Waals surface area contributed by atoms with Crippen molar-refractivity contribution in [1.82, 2.24) is 19.2 Å². The number of likely N-dealkylation sites (N-methyl/N-ethyl adjacent to an activating group) is 1. The van der Waals surface area contributed by atoms with E-state index in [0.29, 0.717) is 15.9 Å². The van der Waals surface area contributed by atoms with Gasteiger partial charge in [-0.1, -0.05) is 0 Å². The van der Waals surface area contributed by atoms with Crippen molar-refractivity contribution in [2.45, 2.75) is 67.7 Å². The summed E-state index contributed by atoms with van der Waals surface area (Å²) in [5, 5.41) is 50.2. The summed E-state index contributed by atoms with van der Waals surface area (Å²) in [5.41, 5.74) is 5.54. The first-order valence-corrected chi connectivity index (χ1v) is 17.3. The molecule has 9 N–H and O–H groups in total. The summed E-state index contributed by atoms with van der Waals surface area (Å²) in [6.07, 6.45) is -14.8. The smallest absolute Gasteiger partial charge is 0.393 e. The van der Waals surface area contributed by atoms with Crippen LogP contribution in [-0.4, -0.2) is 136 Å². The molecule has 0 spiro atoms. The molecule has 2 saturated heterocycles. The highest BCUT2D eigenvalue weighted by Crippen LogP contribution is 2.62. The minimum Gasteiger partial charge on any atom is -0.393 e. The van der Waals surface area contributed by atoms with Crippen molar-refractivity contribution in [2.24, 2.45) is 0 Å². The van der Waals surface area contributed by atoms with Gasteiger partial charge in [-0.15, -0.1) is 0 Å². The normalized spacial score (nSPS) is 36.9. The van der Waals surface area contributed by atoms with Crippen molar-refractivity contribution in [1.29, 1.82) is 0 Å². The second kappa shape index (κ2) is 13.0. The fourth-order valence-corrected chi connectivity index (χ4v) is 8.78. The van der Waals surface area contributed by atoms with Crippen LogP contribution in [0.4, 0.5) is 10.2 Å². The number of anilines is 1. The van der Waals surface area contributed by atoms with Gasteiger partial charge in [0.1, 0.15) is 60.1 Å². The second-order valence-electron chi connectivity index (χ2n) is 10.2. The van der Waals surface area contributed by atoms with Gasteiger partial charge in [0.2, 0.25) is 0 Å². The molecule has 2 fully saturated rings. The number of aliphatic hydroxyl groups is 5. The Morgan fingerprint density at radius 2 is 1.86 bits per heavy atom. The lowest BCUT2D eigenvalue weighted by Gasteiger charge is -2.41. The Kier molecular flexibility index (Phi) is 10.6. The number of ether oxygens (including phenoxy) is 2. The highest BCUT2D eigenvalue weighted by Gasteiger charge is 2.57. The third-order valence-corrected chi connectivity index (χ3v) is 11.7. The molecule has 18 nitrogen and oxygen atoms in total. The van der Waals surface area contributed by atoms with Crippen LogP contribution in [0.25, 0.3) is 11.0 Å². The Morgan fingerprint density at radius 1 is 1.19 bits per heavy atom. The zero-order valence-electron chi connectivity index (χ0n) is 22.7. The fourth-order valence-electron chi connectivity index (χ4n) is 4.68. The molecule has 7 unspecified atom stereocenters. The van der Waals surface area contributed by atoms with Gasteiger partial charge in [-0.05, 0) is 44.4 Å². The number of nitrogens with two attached hydrogens (primary N) is 1. The number of rotatable bonds is 11. The lowest BCUT2D eigenvalue weighted by atomic mass is 9.86. The van der Waals surface area contributed by atoms with Crippen molar-refractivity contribution in [3.8, 4) is 0 Å². The topological polar surface area (TPSA) is 273 Å². The summed E-state index contributed by atoms with van der Waals surface area (Å²) in [4.78, 5) is 31.1. The van der Waals surface area contributed by atoms with Gasteiger partial charge in [-0.25, -0.2) is 23.2 Å². The first-order chi connectivity index (χ1) is 19.9. The Labute approximate surface area is 252 Å². The van der Waals surface area contributed by atoms with Gasteiger partial charge < -0.3 is 55.1 Å². The molecule has 2 aliphatic rings. The Morgan fingerprint density at radius 3 is 2.49 bits per heavy atom. The predicted octanol–water partition coefficient (Wildman–Crippen LogP) is -1.71. The first kappa shape index (κ1) is 34.9. The third-order valence-electron chi connectivity index (χ3n) is 7.30. The third kappa shape index (κ3) is 6.93. The molecule has 2 aromatic rings.